The first kappa shape index (κ1) is 28.0. The Balaban J connectivity index is 1.84. The minimum Gasteiger partial charge on any atom is -0.494 e. The standard InChI is InChI=1S/C26H28BrN3O6S/c1-5-36-21-10-8-20(9-11-21)30(37(32,33)22-12-6-18(2)7-13-22)17-25(31)29-28-16-19-14-23(27)26(35-4)24(15-19)34-3/h6-16H,5,17H2,1-4H3,(H,29,31)/b28-16+. The molecule has 11 heteroatoms. The van der Waals surface area contributed by atoms with E-state index in [0.29, 0.717) is 39.6 Å². The van der Waals surface area contributed by atoms with Crippen molar-refractivity contribution in [3.8, 4) is 17.2 Å². The third-order valence-corrected chi connectivity index (χ3v) is 7.57. The molecule has 3 rings (SSSR count). The topological polar surface area (TPSA) is 107 Å². The van der Waals surface area contributed by atoms with E-state index in [9.17, 15) is 13.2 Å². The molecule has 0 aromatic heterocycles. The summed E-state index contributed by atoms with van der Waals surface area (Å²) in [5, 5.41) is 3.98. The lowest BCUT2D eigenvalue weighted by molar-refractivity contribution is -0.119. The normalized spacial score (nSPS) is 11.3. The number of anilines is 1. The third kappa shape index (κ3) is 7.01. The van der Waals surface area contributed by atoms with Crippen LogP contribution in [0.5, 0.6) is 17.2 Å². The lowest BCUT2D eigenvalue weighted by Gasteiger charge is -2.24. The van der Waals surface area contributed by atoms with Crippen molar-refractivity contribution < 1.29 is 27.4 Å². The van der Waals surface area contributed by atoms with Gasteiger partial charge in [0.25, 0.3) is 15.9 Å². The van der Waals surface area contributed by atoms with Gasteiger partial charge in [-0.3, -0.25) is 9.10 Å². The van der Waals surface area contributed by atoms with Crippen molar-refractivity contribution in [1.29, 1.82) is 0 Å². The number of ether oxygens (including phenoxy) is 3. The van der Waals surface area contributed by atoms with E-state index in [-0.39, 0.29) is 4.90 Å². The lowest BCUT2D eigenvalue weighted by atomic mass is 10.2. The van der Waals surface area contributed by atoms with Gasteiger partial charge in [0.1, 0.15) is 12.3 Å². The van der Waals surface area contributed by atoms with Crippen molar-refractivity contribution in [3.63, 3.8) is 0 Å². The van der Waals surface area contributed by atoms with Crippen molar-refractivity contribution in [2.75, 3.05) is 31.7 Å². The largest absolute Gasteiger partial charge is 0.494 e. The highest BCUT2D eigenvalue weighted by Crippen LogP contribution is 2.35. The minimum absolute atomic E-state index is 0.0680. The summed E-state index contributed by atoms with van der Waals surface area (Å²) in [5.41, 5.74) is 4.25. The summed E-state index contributed by atoms with van der Waals surface area (Å²) in [6, 6.07) is 16.3. The van der Waals surface area contributed by atoms with Gasteiger partial charge in [0.05, 0.1) is 42.1 Å². The van der Waals surface area contributed by atoms with Crippen LogP contribution in [-0.2, 0) is 14.8 Å². The molecular formula is C26H28BrN3O6S. The SMILES string of the molecule is CCOc1ccc(N(CC(=O)N/N=C/c2cc(Br)c(OC)c(OC)c2)S(=O)(=O)c2ccc(C)cc2)cc1. The lowest BCUT2D eigenvalue weighted by Crippen LogP contribution is -2.39. The van der Waals surface area contributed by atoms with E-state index in [1.54, 1.807) is 48.5 Å². The molecule has 196 valence electrons. The molecule has 0 saturated carbocycles. The number of hydrogen-bond acceptors (Lipinski definition) is 7. The number of sulfonamides is 1. The first-order valence-electron chi connectivity index (χ1n) is 11.2. The quantitative estimate of drug-likeness (QED) is 0.260. The van der Waals surface area contributed by atoms with Crippen LogP contribution in [-0.4, -0.2) is 47.9 Å². The average Bonchev–Trinajstić information content (AvgIpc) is 2.88. The smallest absolute Gasteiger partial charge is 0.264 e. The Kier molecular flexibility index (Phi) is 9.54. The van der Waals surface area contributed by atoms with Crippen LogP contribution in [0, 0.1) is 6.92 Å². The first-order valence-corrected chi connectivity index (χ1v) is 13.5. The Labute approximate surface area is 225 Å². The molecule has 0 bridgehead atoms. The van der Waals surface area contributed by atoms with Gasteiger partial charge in [-0.25, -0.2) is 13.8 Å². The van der Waals surface area contributed by atoms with Gasteiger partial charge in [-0.05, 0) is 83.9 Å². The fraction of sp³-hybridized carbons (Fsp3) is 0.231. The van der Waals surface area contributed by atoms with Gasteiger partial charge in [-0.2, -0.15) is 5.10 Å². The predicted molar refractivity (Wildman–Crippen MR) is 146 cm³/mol. The molecule has 0 saturated heterocycles. The number of hydrogen-bond donors (Lipinski definition) is 1. The molecule has 0 aliphatic carbocycles. The molecule has 3 aromatic carbocycles. The molecule has 0 unspecified atom stereocenters. The number of methoxy groups -OCH3 is 2. The molecule has 0 atom stereocenters. The van der Waals surface area contributed by atoms with Crippen LogP contribution in [0.1, 0.15) is 18.1 Å². The molecule has 0 spiro atoms. The van der Waals surface area contributed by atoms with Crippen LogP contribution in [0.25, 0.3) is 0 Å². The number of hydrazone groups is 1. The van der Waals surface area contributed by atoms with Crippen LogP contribution in [0.2, 0.25) is 0 Å². The molecule has 0 radical (unpaired) electrons. The highest BCUT2D eigenvalue weighted by Gasteiger charge is 2.27. The number of halogens is 1. The highest BCUT2D eigenvalue weighted by atomic mass is 79.9. The van der Waals surface area contributed by atoms with Crippen molar-refractivity contribution in [2.45, 2.75) is 18.7 Å². The zero-order valence-corrected chi connectivity index (χ0v) is 23.3. The van der Waals surface area contributed by atoms with Gasteiger partial charge in [-0.15, -0.1) is 0 Å². The monoisotopic (exact) mass is 589 g/mol. The van der Waals surface area contributed by atoms with Gasteiger partial charge < -0.3 is 14.2 Å². The first-order chi connectivity index (χ1) is 17.7. The fourth-order valence-electron chi connectivity index (χ4n) is 3.38. The van der Waals surface area contributed by atoms with Crippen LogP contribution in [0.15, 0.2) is 75.1 Å². The number of carbonyl (C=O) groups is 1. The molecule has 9 nitrogen and oxygen atoms in total. The second-order valence-electron chi connectivity index (χ2n) is 7.78. The number of nitrogens with zero attached hydrogens (tertiary/aromatic N) is 2. The summed E-state index contributed by atoms with van der Waals surface area (Å²) in [5.74, 6) is 0.973. The zero-order valence-electron chi connectivity index (χ0n) is 20.9. The van der Waals surface area contributed by atoms with Gasteiger partial charge in [0, 0.05) is 0 Å². The molecule has 0 aliphatic rings. The molecule has 0 heterocycles. The number of aryl methyl sites for hydroxylation is 1. The maximum atomic E-state index is 13.5. The second-order valence-corrected chi connectivity index (χ2v) is 10.5. The number of rotatable bonds is 11. The molecule has 37 heavy (non-hydrogen) atoms. The van der Waals surface area contributed by atoms with Crippen LogP contribution in [0.3, 0.4) is 0 Å². The van der Waals surface area contributed by atoms with Crippen LogP contribution >= 0.6 is 15.9 Å². The van der Waals surface area contributed by atoms with E-state index in [1.165, 1.54) is 32.6 Å². The summed E-state index contributed by atoms with van der Waals surface area (Å²) in [7, 11) is -1.01. The van der Waals surface area contributed by atoms with Crippen LogP contribution in [0.4, 0.5) is 5.69 Å². The number of benzene rings is 3. The van der Waals surface area contributed by atoms with Crippen molar-refractivity contribution >= 4 is 43.8 Å². The fourth-order valence-corrected chi connectivity index (χ4v) is 5.43. The number of carbonyl (C=O) groups excluding carboxylic acids is 1. The average molecular weight is 590 g/mol. The van der Waals surface area contributed by atoms with Crippen molar-refractivity contribution in [1.82, 2.24) is 5.43 Å². The zero-order chi connectivity index (χ0) is 27.0. The third-order valence-electron chi connectivity index (χ3n) is 5.19. The number of nitrogens with one attached hydrogen (secondary N) is 1. The Morgan fingerprint density at radius 2 is 1.73 bits per heavy atom. The summed E-state index contributed by atoms with van der Waals surface area (Å²) in [6.07, 6.45) is 1.42. The van der Waals surface area contributed by atoms with E-state index in [1.807, 2.05) is 13.8 Å². The number of amides is 1. The van der Waals surface area contributed by atoms with E-state index in [2.05, 4.69) is 26.5 Å². The van der Waals surface area contributed by atoms with E-state index in [0.717, 1.165) is 9.87 Å². The molecule has 0 aliphatic heterocycles. The summed E-state index contributed by atoms with van der Waals surface area (Å²) >= 11 is 3.41. The molecule has 1 amide bonds. The van der Waals surface area contributed by atoms with Crippen LogP contribution < -0.4 is 23.9 Å². The van der Waals surface area contributed by atoms with E-state index < -0.39 is 22.5 Å². The van der Waals surface area contributed by atoms with E-state index in [4.69, 9.17) is 14.2 Å². The minimum atomic E-state index is -4.05. The van der Waals surface area contributed by atoms with Crippen molar-refractivity contribution in [2.24, 2.45) is 5.10 Å². The Hall–Kier alpha value is -3.57. The predicted octanol–water partition coefficient (Wildman–Crippen LogP) is 4.52. The summed E-state index contributed by atoms with van der Waals surface area (Å²) in [4.78, 5) is 12.9. The molecule has 3 aromatic rings. The van der Waals surface area contributed by atoms with Gasteiger partial charge >= 0.3 is 0 Å². The maximum absolute atomic E-state index is 13.5. The molecule has 0 fully saturated rings. The van der Waals surface area contributed by atoms with Gasteiger partial charge in [0.15, 0.2) is 11.5 Å². The van der Waals surface area contributed by atoms with Crippen molar-refractivity contribution in [3.05, 3.63) is 76.3 Å². The van der Waals surface area contributed by atoms with Gasteiger partial charge in [-0.1, -0.05) is 17.7 Å². The van der Waals surface area contributed by atoms with Gasteiger partial charge in [0.2, 0.25) is 0 Å². The highest BCUT2D eigenvalue weighted by molar-refractivity contribution is 9.10. The molecule has 1 N–H and O–H groups in total. The maximum Gasteiger partial charge on any atom is 0.264 e. The van der Waals surface area contributed by atoms with E-state index >= 15 is 0 Å². The second kappa shape index (κ2) is 12.6. The summed E-state index contributed by atoms with van der Waals surface area (Å²) < 4.78 is 44.7. The Morgan fingerprint density at radius 1 is 1.05 bits per heavy atom. The Bertz CT molecular complexity index is 1360. The summed E-state index contributed by atoms with van der Waals surface area (Å²) in [6.45, 7) is 3.70. The molecular weight excluding hydrogens is 562 g/mol. The Morgan fingerprint density at radius 3 is 2.32 bits per heavy atom.